The van der Waals surface area contributed by atoms with Crippen molar-refractivity contribution in [2.45, 2.75) is 0 Å². The number of nitrogens with zero attached hydrogens (tertiary/aromatic N) is 2. The highest BCUT2D eigenvalue weighted by Crippen LogP contribution is 2.26. The van der Waals surface area contributed by atoms with Crippen LogP contribution in [0.15, 0.2) is 60.7 Å². The predicted octanol–water partition coefficient (Wildman–Crippen LogP) is 2.88. The minimum absolute atomic E-state index is 0.0160. The number of aromatic carboxylic acids is 1. The number of benzene rings is 3. The van der Waals surface area contributed by atoms with Crippen LogP contribution in [0.5, 0.6) is 5.75 Å². The van der Waals surface area contributed by atoms with E-state index in [0.717, 1.165) is 11.6 Å². The Bertz CT molecular complexity index is 1520. The topological polar surface area (TPSA) is 142 Å². The molecule has 10 nitrogen and oxygen atoms in total. The fourth-order valence-electron chi connectivity index (χ4n) is 3.70. The number of carboxylic acid groups (broad SMARTS) is 1. The van der Waals surface area contributed by atoms with Crippen molar-refractivity contribution in [2.24, 2.45) is 0 Å². The monoisotopic (exact) mass is 456 g/mol. The maximum absolute atomic E-state index is 12.8. The van der Waals surface area contributed by atoms with Crippen molar-refractivity contribution < 1.29 is 29.0 Å². The van der Waals surface area contributed by atoms with Gasteiger partial charge in [0, 0.05) is 11.1 Å². The molecule has 1 aromatic heterocycles. The number of ether oxygens (including phenoxy) is 1. The lowest BCUT2D eigenvalue weighted by atomic mass is 10.1. The minimum Gasteiger partial charge on any atom is -0.497 e. The summed E-state index contributed by atoms with van der Waals surface area (Å²) < 4.78 is 5.24. The summed E-state index contributed by atoms with van der Waals surface area (Å²) >= 11 is 0. The van der Waals surface area contributed by atoms with Crippen molar-refractivity contribution >= 4 is 34.7 Å². The highest BCUT2D eigenvalue weighted by molar-refractivity contribution is 6.22. The zero-order valence-electron chi connectivity index (χ0n) is 17.7. The van der Waals surface area contributed by atoms with Gasteiger partial charge in [0.05, 0.1) is 34.8 Å². The summed E-state index contributed by atoms with van der Waals surface area (Å²) in [6.07, 6.45) is 0. The molecule has 10 heteroatoms. The number of aromatic amines is 1. The summed E-state index contributed by atoms with van der Waals surface area (Å²) in [5.41, 5.74) is 4.30. The van der Waals surface area contributed by atoms with Crippen molar-refractivity contribution in [3.63, 3.8) is 0 Å². The first-order chi connectivity index (χ1) is 16.4. The Kier molecular flexibility index (Phi) is 4.82. The summed E-state index contributed by atoms with van der Waals surface area (Å²) in [5.74, 6) is -2.21. The van der Waals surface area contributed by atoms with Crippen LogP contribution in [0.2, 0.25) is 0 Å². The predicted molar refractivity (Wildman–Crippen MR) is 119 cm³/mol. The Labute approximate surface area is 191 Å². The number of hydrogen-bond acceptors (Lipinski definition) is 6. The molecule has 0 spiro atoms. The van der Waals surface area contributed by atoms with Gasteiger partial charge in [0.15, 0.2) is 0 Å². The molecular weight excluding hydrogens is 440 g/mol. The first kappa shape index (κ1) is 20.9. The van der Waals surface area contributed by atoms with Crippen molar-refractivity contribution in [2.75, 3.05) is 7.11 Å². The lowest BCUT2D eigenvalue weighted by Gasteiger charge is -2.14. The number of rotatable bonds is 5. The maximum atomic E-state index is 12.8. The molecule has 168 valence electrons. The molecule has 0 unspecified atom stereocenters. The summed E-state index contributed by atoms with van der Waals surface area (Å²) in [4.78, 5) is 56.9. The highest BCUT2D eigenvalue weighted by atomic mass is 16.5. The Hall–Kier alpha value is -4.99. The number of methoxy groups -OCH3 is 1. The Balaban J connectivity index is 1.40. The fourth-order valence-corrected chi connectivity index (χ4v) is 3.70. The number of amides is 3. The van der Waals surface area contributed by atoms with Gasteiger partial charge in [-0.2, -0.15) is 5.01 Å². The molecule has 34 heavy (non-hydrogen) atoms. The average Bonchev–Trinajstić information content (AvgIpc) is 3.38. The molecule has 0 aliphatic carbocycles. The number of carboxylic acids is 1. The van der Waals surface area contributed by atoms with Crippen LogP contribution >= 0.6 is 0 Å². The van der Waals surface area contributed by atoms with Gasteiger partial charge in [-0.1, -0.05) is 12.1 Å². The van der Waals surface area contributed by atoms with Crippen LogP contribution in [-0.4, -0.2) is 50.9 Å². The number of carbonyl (C=O) groups excluding carboxylic acids is 3. The van der Waals surface area contributed by atoms with Gasteiger partial charge in [-0.3, -0.25) is 19.8 Å². The molecule has 3 N–H and O–H groups in total. The molecule has 0 saturated carbocycles. The zero-order chi connectivity index (χ0) is 24.0. The van der Waals surface area contributed by atoms with Crippen LogP contribution in [0.4, 0.5) is 0 Å². The number of hydrogen-bond donors (Lipinski definition) is 3. The van der Waals surface area contributed by atoms with E-state index in [1.807, 2.05) is 24.3 Å². The van der Waals surface area contributed by atoms with Crippen LogP contribution in [0, 0.1) is 0 Å². The van der Waals surface area contributed by atoms with E-state index < -0.39 is 23.7 Å². The molecule has 0 fully saturated rings. The third-order valence-electron chi connectivity index (χ3n) is 5.43. The van der Waals surface area contributed by atoms with E-state index in [0.29, 0.717) is 27.6 Å². The number of aromatic nitrogens is 2. The SMILES string of the molecule is COc1cccc(-c2nc3ccc(C(=O)NN4C(=O)c5ccc(C(=O)O)cc5C4=O)cc3[nH]2)c1. The lowest BCUT2D eigenvalue weighted by Crippen LogP contribution is -2.45. The molecule has 0 saturated heterocycles. The maximum Gasteiger partial charge on any atom is 0.335 e. The van der Waals surface area contributed by atoms with E-state index in [1.165, 1.54) is 18.2 Å². The van der Waals surface area contributed by atoms with Crippen LogP contribution in [-0.2, 0) is 0 Å². The molecule has 1 aliphatic heterocycles. The number of imide groups is 1. The number of hydrazine groups is 1. The second-order valence-corrected chi connectivity index (χ2v) is 7.50. The third-order valence-corrected chi connectivity index (χ3v) is 5.43. The number of H-pyrrole nitrogens is 1. The van der Waals surface area contributed by atoms with Crippen molar-refractivity contribution in [3.8, 4) is 17.1 Å². The summed E-state index contributed by atoms with van der Waals surface area (Å²) in [5, 5.41) is 9.70. The second kappa shape index (κ2) is 7.85. The highest BCUT2D eigenvalue weighted by Gasteiger charge is 2.37. The number of carbonyl (C=O) groups is 4. The summed E-state index contributed by atoms with van der Waals surface area (Å²) in [6.45, 7) is 0. The fraction of sp³-hybridized carbons (Fsp3) is 0.0417. The van der Waals surface area contributed by atoms with Crippen LogP contribution < -0.4 is 10.2 Å². The molecule has 0 bridgehead atoms. The summed E-state index contributed by atoms with van der Waals surface area (Å²) in [7, 11) is 1.57. The molecule has 3 aromatic carbocycles. The first-order valence-corrected chi connectivity index (χ1v) is 10.1. The van der Waals surface area contributed by atoms with E-state index in [4.69, 9.17) is 9.84 Å². The molecule has 0 atom stereocenters. The number of fused-ring (bicyclic) bond motifs is 2. The lowest BCUT2D eigenvalue weighted by molar-refractivity contribution is 0.0518. The van der Waals surface area contributed by atoms with Gasteiger partial charge in [0.1, 0.15) is 11.6 Å². The van der Waals surface area contributed by atoms with Crippen LogP contribution in [0.1, 0.15) is 41.4 Å². The van der Waals surface area contributed by atoms with E-state index in [1.54, 1.807) is 19.2 Å². The van der Waals surface area contributed by atoms with Gasteiger partial charge in [-0.05, 0) is 48.5 Å². The van der Waals surface area contributed by atoms with E-state index in [9.17, 15) is 19.2 Å². The second-order valence-electron chi connectivity index (χ2n) is 7.50. The zero-order valence-corrected chi connectivity index (χ0v) is 17.7. The van der Waals surface area contributed by atoms with Crippen molar-refractivity contribution in [1.29, 1.82) is 0 Å². The largest absolute Gasteiger partial charge is 0.497 e. The van der Waals surface area contributed by atoms with Gasteiger partial charge in [0.2, 0.25) is 0 Å². The van der Waals surface area contributed by atoms with Crippen molar-refractivity contribution in [1.82, 2.24) is 20.4 Å². The van der Waals surface area contributed by atoms with E-state index in [2.05, 4.69) is 15.4 Å². The van der Waals surface area contributed by atoms with Crippen molar-refractivity contribution in [3.05, 3.63) is 82.9 Å². The van der Waals surface area contributed by atoms with Gasteiger partial charge < -0.3 is 14.8 Å². The molecule has 0 radical (unpaired) electrons. The van der Waals surface area contributed by atoms with Gasteiger partial charge in [0.25, 0.3) is 17.7 Å². The molecule has 4 aromatic rings. The minimum atomic E-state index is -1.23. The third kappa shape index (κ3) is 3.43. The molecule has 5 rings (SSSR count). The Morgan fingerprint density at radius 2 is 1.74 bits per heavy atom. The number of nitrogens with one attached hydrogen (secondary N) is 2. The smallest absolute Gasteiger partial charge is 0.335 e. The quantitative estimate of drug-likeness (QED) is 0.392. The van der Waals surface area contributed by atoms with Crippen LogP contribution in [0.3, 0.4) is 0 Å². The normalized spacial score (nSPS) is 12.7. The first-order valence-electron chi connectivity index (χ1n) is 10.1. The average molecular weight is 456 g/mol. The standard InChI is InChI=1S/C24H16N4O6/c1-34-15-4-2-3-12(9-15)20-25-18-8-6-13(11-19(18)26-20)21(29)27-28-22(30)16-7-5-14(24(32)33)10-17(16)23(28)31/h2-11H,1H3,(H,25,26)(H,27,29)(H,32,33). The summed E-state index contributed by atoms with van der Waals surface area (Å²) in [6, 6.07) is 15.7. The van der Waals surface area contributed by atoms with E-state index in [-0.39, 0.29) is 22.3 Å². The Morgan fingerprint density at radius 3 is 2.50 bits per heavy atom. The molecule has 1 aliphatic rings. The molecule has 3 amide bonds. The van der Waals surface area contributed by atoms with E-state index >= 15 is 0 Å². The van der Waals surface area contributed by atoms with Gasteiger partial charge in [-0.25, -0.2) is 9.78 Å². The Morgan fingerprint density at radius 1 is 0.971 bits per heavy atom. The molecular formula is C24H16N4O6. The van der Waals surface area contributed by atoms with Gasteiger partial charge in [-0.15, -0.1) is 0 Å². The van der Waals surface area contributed by atoms with Crippen LogP contribution in [0.25, 0.3) is 22.4 Å². The van der Waals surface area contributed by atoms with Gasteiger partial charge >= 0.3 is 5.97 Å². The molecule has 2 heterocycles. The number of imidazole rings is 1.